The zero-order valence-corrected chi connectivity index (χ0v) is 14.2. The third kappa shape index (κ3) is 4.34. The fourth-order valence-electron chi connectivity index (χ4n) is 2.65. The van der Waals surface area contributed by atoms with E-state index < -0.39 is 9.84 Å². The molecule has 118 valence electrons. The molecule has 1 fully saturated rings. The fourth-order valence-corrected chi connectivity index (χ4v) is 4.23. The molecule has 0 amide bonds. The molecule has 1 aromatic rings. The van der Waals surface area contributed by atoms with Gasteiger partial charge in [0.1, 0.15) is 0 Å². The average molecular weight is 331 g/mol. The van der Waals surface area contributed by atoms with E-state index in [1.54, 1.807) is 0 Å². The van der Waals surface area contributed by atoms with Gasteiger partial charge in [-0.3, -0.25) is 0 Å². The van der Waals surface area contributed by atoms with Crippen molar-refractivity contribution in [2.75, 3.05) is 36.0 Å². The summed E-state index contributed by atoms with van der Waals surface area (Å²) >= 11 is 6.41. The van der Waals surface area contributed by atoms with Gasteiger partial charge in [-0.25, -0.2) is 8.42 Å². The first-order chi connectivity index (χ1) is 9.93. The van der Waals surface area contributed by atoms with Crippen LogP contribution in [0.5, 0.6) is 0 Å². The fraction of sp³-hybridized carbons (Fsp3) is 0.600. The van der Waals surface area contributed by atoms with Gasteiger partial charge in [-0.05, 0) is 37.6 Å². The molecule has 2 rings (SSSR count). The van der Waals surface area contributed by atoms with Crippen LogP contribution in [0, 0.1) is 0 Å². The van der Waals surface area contributed by atoms with E-state index in [0.717, 1.165) is 24.3 Å². The Balaban J connectivity index is 2.17. The van der Waals surface area contributed by atoms with Crippen LogP contribution in [0.3, 0.4) is 0 Å². The molecule has 4 nitrogen and oxygen atoms in total. The van der Waals surface area contributed by atoms with E-state index in [4.69, 9.17) is 11.6 Å². The Morgan fingerprint density at radius 2 is 2.10 bits per heavy atom. The molecule has 0 aromatic heterocycles. The number of rotatable bonds is 4. The molecule has 6 heteroatoms. The monoisotopic (exact) mass is 330 g/mol. The summed E-state index contributed by atoms with van der Waals surface area (Å²) in [5.41, 5.74) is 2.08. The van der Waals surface area contributed by atoms with Gasteiger partial charge < -0.3 is 10.2 Å². The van der Waals surface area contributed by atoms with Gasteiger partial charge in [0.2, 0.25) is 0 Å². The Kier molecular flexibility index (Phi) is 5.52. The SMILES string of the molecule is CCNC(C)c1ccc(N2CCCS(=O)(=O)CC2)c(Cl)c1. The van der Waals surface area contributed by atoms with Crippen molar-refractivity contribution in [1.29, 1.82) is 0 Å². The third-order valence-electron chi connectivity index (χ3n) is 3.88. The lowest BCUT2D eigenvalue weighted by Gasteiger charge is -2.24. The van der Waals surface area contributed by atoms with E-state index in [1.807, 2.05) is 12.1 Å². The molecule has 1 heterocycles. The maximum atomic E-state index is 11.7. The summed E-state index contributed by atoms with van der Waals surface area (Å²) in [6, 6.07) is 6.30. The molecular formula is C15H23ClN2O2S. The van der Waals surface area contributed by atoms with Gasteiger partial charge in [-0.1, -0.05) is 24.6 Å². The quantitative estimate of drug-likeness (QED) is 0.922. The number of benzene rings is 1. The lowest BCUT2D eigenvalue weighted by molar-refractivity contribution is 0.597. The van der Waals surface area contributed by atoms with Gasteiger partial charge in [0.25, 0.3) is 0 Å². The minimum absolute atomic E-state index is 0.207. The summed E-state index contributed by atoms with van der Waals surface area (Å²) in [5, 5.41) is 4.05. The number of anilines is 1. The lowest BCUT2D eigenvalue weighted by Crippen LogP contribution is -2.27. The maximum Gasteiger partial charge on any atom is 0.152 e. The molecule has 21 heavy (non-hydrogen) atoms. The summed E-state index contributed by atoms with van der Waals surface area (Å²) in [5.74, 6) is 0.482. The highest BCUT2D eigenvalue weighted by atomic mass is 35.5. The van der Waals surface area contributed by atoms with Crippen molar-refractivity contribution in [3.05, 3.63) is 28.8 Å². The summed E-state index contributed by atoms with van der Waals surface area (Å²) in [7, 11) is -2.90. The van der Waals surface area contributed by atoms with Crippen LogP contribution >= 0.6 is 11.6 Å². The van der Waals surface area contributed by atoms with Gasteiger partial charge in [-0.2, -0.15) is 0 Å². The Hall–Kier alpha value is -0.780. The van der Waals surface area contributed by atoms with Crippen molar-refractivity contribution in [3.8, 4) is 0 Å². The van der Waals surface area contributed by atoms with Gasteiger partial charge in [-0.15, -0.1) is 0 Å². The second-order valence-corrected chi connectivity index (χ2v) is 8.19. The third-order valence-corrected chi connectivity index (χ3v) is 5.90. The van der Waals surface area contributed by atoms with Crippen molar-refractivity contribution in [3.63, 3.8) is 0 Å². The van der Waals surface area contributed by atoms with E-state index in [9.17, 15) is 8.42 Å². The van der Waals surface area contributed by atoms with E-state index in [-0.39, 0.29) is 17.5 Å². The lowest BCUT2D eigenvalue weighted by atomic mass is 10.1. The molecule has 0 saturated carbocycles. The van der Waals surface area contributed by atoms with Crippen LogP contribution in [0.1, 0.15) is 31.9 Å². The number of hydrogen-bond donors (Lipinski definition) is 1. The number of halogens is 1. The molecule has 1 aliphatic heterocycles. The van der Waals surface area contributed by atoms with Gasteiger partial charge in [0.15, 0.2) is 9.84 Å². The second-order valence-electron chi connectivity index (χ2n) is 5.48. The van der Waals surface area contributed by atoms with Crippen LogP contribution in [0.2, 0.25) is 5.02 Å². The molecule has 0 bridgehead atoms. The molecule has 1 aromatic carbocycles. The molecule has 0 radical (unpaired) electrons. The Morgan fingerprint density at radius 3 is 2.76 bits per heavy atom. The summed E-state index contributed by atoms with van der Waals surface area (Å²) in [6.07, 6.45) is 0.661. The van der Waals surface area contributed by atoms with Crippen molar-refractivity contribution in [1.82, 2.24) is 5.32 Å². The predicted octanol–water partition coefficient (Wildman–Crippen LogP) is 2.64. The normalized spacial score (nSPS) is 20.0. The molecule has 1 N–H and O–H groups in total. The highest BCUT2D eigenvalue weighted by Crippen LogP contribution is 2.30. The van der Waals surface area contributed by atoms with Gasteiger partial charge >= 0.3 is 0 Å². The van der Waals surface area contributed by atoms with Crippen LogP contribution in [0.4, 0.5) is 5.69 Å². The minimum atomic E-state index is -2.90. The molecular weight excluding hydrogens is 308 g/mol. The van der Waals surface area contributed by atoms with Crippen LogP contribution < -0.4 is 10.2 Å². The summed E-state index contributed by atoms with van der Waals surface area (Å²) in [4.78, 5) is 2.08. The molecule has 1 unspecified atom stereocenters. The first-order valence-corrected chi connectivity index (χ1v) is 9.61. The Bertz CT molecular complexity index is 589. The molecule has 0 aliphatic carbocycles. The maximum absolute atomic E-state index is 11.7. The zero-order chi connectivity index (χ0) is 15.5. The number of nitrogens with zero attached hydrogens (tertiary/aromatic N) is 1. The molecule has 1 atom stereocenters. The number of sulfone groups is 1. The van der Waals surface area contributed by atoms with E-state index in [2.05, 4.69) is 30.1 Å². The molecule has 1 saturated heterocycles. The van der Waals surface area contributed by atoms with Crippen molar-refractivity contribution in [2.24, 2.45) is 0 Å². The average Bonchev–Trinajstić information content (AvgIpc) is 2.60. The first-order valence-electron chi connectivity index (χ1n) is 7.41. The largest absolute Gasteiger partial charge is 0.369 e. The van der Waals surface area contributed by atoms with E-state index in [0.29, 0.717) is 18.0 Å². The van der Waals surface area contributed by atoms with Crippen LogP contribution in [0.25, 0.3) is 0 Å². The Labute approximate surface area is 132 Å². The zero-order valence-electron chi connectivity index (χ0n) is 12.6. The predicted molar refractivity (Wildman–Crippen MR) is 89.0 cm³/mol. The van der Waals surface area contributed by atoms with Crippen molar-refractivity contribution < 1.29 is 8.42 Å². The number of hydrogen-bond acceptors (Lipinski definition) is 4. The van der Waals surface area contributed by atoms with Crippen molar-refractivity contribution >= 4 is 27.1 Å². The van der Waals surface area contributed by atoms with Crippen molar-refractivity contribution in [2.45, 2.75) is 26.3 Å². The van der Waals surface area contributed by atoms with Gasteiger partial charge in [0, 0.05) is 19.1 Å². The highest BCUT2D eigenvalue weighted by molar-refractivity contribution is 7.91. The topological polar surface area (TPSA) is 49.4 Å². The van der Waals surface area contributed by atoms with Gasteiger partial charge in [0.05, 0.1) is 22.2 Å². The highest BCUT2D eigenvalue weighted by Gasteiger charge is 2.21. The Morgan fingerprint density at radius 1 is 1.33 bits per heavy atom. The smallest absolute Gasteiger partial charge is 0.152 e. The van der Waals surface area contributed by atoms with E-state index in [1.165, 1.54) is 0 Å². The van der Waals surface area contributed by atoms with Crippen LogP contribution in [-0.4, -0.2) is 39.6 Å². The standard InChI is InChI=1S/C15H23ClN2O2S/c1-3-17-12(2)13-5-6-15(14(16)11-13)18-7-4-9-21(19,20)10-8-18/h5-6,11-12,17H,3-4,7-10H2,1-2H3. The molecule has 1 aliphatic rings. The van der Waals surface area contributed by atoms with Crippen LogP contribution in [0.15, 0.2) is 18.2 Å². The minimum Gasteiger partial charge on any atom is -0.369 e. The second kappa shape index (κ2) is 6.99. The first kappa shape index (κ1) is 16.6. The molecule has 0 spiro atoms. The number of nitrogens with one attached hydrogen (secondary N) is 1. The summed E-state index contributed by atoms with van der Waals surface area (Å²) < 4.78 is 23.4. The summed E-state index contributed by atoms with van der Waals surface area (Å²) in [6.45, 7) is 6.34. The van der Waals surface area contributed by atoms with Crippen LogP contribution in [-0.2, 0) is 9.84 Å². The van der Waals surface area contributed by atoms with E-state index >= 15 is 0 Å².